The first-order valence-electron chi connectivity index (χ1n) is 8.76. The number of aromatic nitrogens is 1. The van der Waals surface area contributed by atoms with Crippen molar-refractivity contribution in [3.63, 3.8) is 0 Å². The SMILES string of the molecule is COc1ncccc1CN1CCC(C(N)Cc2ccccc2)CC1. The van der Waals surface area contributed by atoms with E-state index in [0.29, 0.717) is 5.92 Å². The summed E-state index contributed by atoms with van der Waals surface area (Å²) in [4.78, 5) is 6.76. The molecule has 24 heavy (non-hydrogen) atoms. The molecule has 2 aromatic rings. The van der Waals surface area contributed by atoms with E-state index in [-0.39, 0.29) is 6.04 Å². The number of benzene rings is 1. The third-order valence-corrected chi connectivity index (χ3v) is 4.99. The second-order valence-electron chi connectivity index (χ2n) is 6.64. The number of nitrogens with two attached hydrogens (primary N) is 1. The van der Waals surface area contributed by atoms with Gasteiger partial charge in [-0.05, 0) is 49.9 Å². The highest BCUT2D eigenvalue weighted by Gasteiger charge is 2.24. The quantitative estimate of drug-likeness (QED) is 0.887. The molecule has 4 heteroatoms. The van der Waals surface area contributed by atoms with Crippen LogP contribution in [0.4, 0.5) is 0 Å². The van der Waals surface area contributed by atoms with Gasteiger partial charge in [-0.25, -0.2) is 4.98 Å². The first-order chi connectivity index (χ1) is 11.8. The van der Waals surface area contributed by atoms with Gasteiger partial charge in [-0.3, -0.25) is 4.90 Å². The molecule has 0 amide bonds. The number of hydrogen-bond donors (Lipinski definition) is 1. The van der Waals surface area contributed by atoms with Gasteiger partial charge in [0.15, 0.2) is 0 Å². The number of hydrogen-bond acceptors (Lipinski definition) is 4. The molecule has 2 N–H and O–H groups in total. The molecule has 1 fully saturated rings. The highest BCUT2D eigenvalue weighted by Crippen LogP contribution is 2.24. The lowest BCUT2D eigenvalue weighted by molar-refractivity contribution is 0.160. The van der Waals surface area contributed by atoms with E-state index in [1.54, 1.807) is 13.3 Å². The summed E-state index contributed by atoms with van der Waals surface area (Å²) in [6.07, 6.45) is 5.08. The first-order valence-corrected chi connectivity index (χ1v) is 8.76. The molecule has 0 saturated carbocycles. The molecule has 0 radical (unpaired) electrons. The van der Waals surface area contributed by atoms with E-state index in [1.807, 2.05) is 6.07 Å². The lowest BCUT2D eigenvalue weighted by Gasteiger charge is -2.35. The molecule has 1 aliphatic heterocycles. The largest absolute Gasteiger partial charge is 0.481 e. The van der Waals surface area contributed by atoms with Gasteiger partial charge in [-0.2, -0.15) is 0 Å². The fourth-order valence-corrected chi connectivity index (χ4v) is 3.56. The Balaban J connectivity index is 1.50. The maximum atomic E-state index is 6.48. The van der Waals surface area contributed by atoms with E-state index < -0.39 is 0 Å². The number of piperidine rings is 1. The van der Waals surface area contributed by atoms with Gasteiger partial charge in [0.25, 0.3) is 0 Å². The van der Waals surface area contributed by atoms with Crippen molar-refractivity contribution in [1.82, 2.24) is 9.88 Å². The van der Waals surface area contributed by atoms with E-state index in [9.17, 15) is 0 Å². The van der Waals surface area contributed by atoms with E-state index in [1.165, 1.54) is 5.56 Å². The van der Waals surface area contributed by atoms with Gasteiger partial charge in [-0.15, -0.1) is 0 Å². The average Bonchev–Trinajstić information content (AvgIpc) is 2.63. The average molecular weight is 325 g/mol. The zero-order chi connectivity index (χ0) is 16.8. The van der Waals surface area contributed by atoms with Crippen molar-refractivity contribution in [2.75, 3.05) is 20.2 Å². The van der Waals surface area contributed by atoms with Gasteiger partial charge < -0.3 is 10.5 Å². The number of methoxy groups -OCH3 is 1. The molecule has 0 bridgehead atoms. The number of rotatable bonds is 6. The summed E-state index contributed by atoms with van der Waals surface area (Å²) in [6, 6.07) is 14.9. The molecule has 1 aromatic heterocycles. The zero-order valence-electron chi connectivity index (χ0n) is 14.4. The third-order valence-electron chi connectivity index (χ3n) is 4.99. The van der Waals surface area contributed by atoms with Crippen molar-refractivity contribution >= 4 is 0 Å². The molecular weight excluding hydrogens is 298 g/mol. The molecule has 2 heterocycles. The molecule has 1 aromatic carbocycles. The predicted octanol–water partition coefficient (Wildman–Crippen LogP) is 2.87. The molecule has 1 aliphatic rings. The van der Waals surface area contributed by atoms with Crippen molar-refractivity contribution in [2.24, 2.45) is 11.7 Å². The van der Waals surface area contributed by atoms with Crippen molar-refractivity contribution in [3.8, 4) is 5.88 Å². The van der Waals surface area contributed by atoms with Gasteiger partial charge in [0, 0.05) is 24.3 Å². The summed E-state index contributed by atoms with van der Waals surface area (Å²) in [7, 11) is 1.68. The monoisotopic (exact) mass is 325 g/mol. The second-order valence-corrected chi connectivity index (χ2v) is 6.64. The Kier molecular flexibility index (Phi) is 5.83. The molecule has 0 spiro atoms. The Bertz CT molecular complexity index is 624. The maximum absolute atomic E-state index is 6.48. The Morgan fingerprint density at radius 3 is 2.62 bits per heavy atom. The summed E-state index contributed by atoms with van der Waals surface area (Å²) in [6.45, 7) is 3.08. The van der Waals surface area contributed by atoms with Crippen LogP contribution in [0.1, 0.15) is 24.0 Å². The van der Waals surface area contributed by atoms with Crippen molar-refractivity contribution in [1.29, 1.82) is 0 Å². The Hall–Kier alpha value is -1.91. The van der Waals surface area contributed by atoms with Crippen LogP contribution < -0.4 is 10.5 Å². The fraction of sp³-hybridized carbons (Fsp3) is 0.450. The van der Waals surface area contributed by atoms with E-state index in [0.717, 1.165) is 50.3 Å². The Labute approximate surface area is 144 Å². The van der Waals surface area contributed by atoms with Crippen LogP contribution in [0, 0.1) is 5.92 Å². The minimum atomic E-state index is 0.252. The topological polar surface area (TPSA) is 51.4 Å². The predicted molar refractivity (Wildman–Crippen MR) is 96.9 cm³/mol. The third kappa shape index (κ3) is 4.34. The van der Waals surface area contributed by atoms with Gasteiger partial charge in [0.1, 0.15) is 0 Å². The fourth-order valence-electron chi connectivity index (χ4n) is 3.56. The highest BCUT2D eigenvalue weighted by atomic mass is 16.5. The minimum Gasteiger partial charge on any atom is -0.481 e. The molecule has 128 valence electrons. The maximum Gasteiger partial charge on any atom is 0.217 e. The molecule has 0 aliphatic carbocycles. The van der Waals surface area contributed by atoms with Crippen LogP contribution in [0.5, 0.6) is 5.88 Å². The minimum absolute atomic E-state index is 0.252. The van der Waals surface area contributed by atoms with Gasteiger partial charge in [0.05, 0.1) is 7.11 Å². The van der Waals surface area contributed by atoms with Crippen LogP contribution in [0.15, 0.2) is 48.7 Å². The summed E-state index contributed by atoms with van der Waals surface area (Å²) in [5, 5.41) is 0. The first kappa shape index (κ1) is 16.9. The van der Waals surface area contributed by atoms with Gasteiger partial charge in [-0.1, -0.05) is 36.4 Å². The lowest BCUT2D eigenvalue weighted by Crippen LogP contribution is -2.41. The van der Waals surface area contributed by atoms with E-state index >= 15 is 0 Å². The van der Waals surface area contributed by atoms with Gasteiger partial charge in [0.2, 0.25) is 5.88 Å². The molecule has 1 atom stereocenters. The van der Waals surface area contributed by atoms with Crippen LogP contribution in [-0.2, 0) is 13.0 Å². The second kappa shape index (κ2) is 8.27. The van der Waals surface area contributed by atoms with Crippen LogP contribution in [-0.4, -0.2) is 36.1 Å². The molecular formula is C20H27N3O. The summed E-state index contributed by atoms with van der Waals surface area (Å²) in [5.74, 6) is 1.35. The summed E-state index contributed by atoms with van der Waals surface area (Å²) >= 11 is 0. The summed E-state index contributed by atoms with van der Waals surface area (Å²) in [5.41, 5.74) is 8.98. The highest BCUT2D eigenvalue weighted by molar-refractivity contribution is 5.25. The summed E-state index contributed by atoms with van der Waals surface area (Å²) < 4.78 is 5.35. The molecule has 3 rings (SSSR count). The number of pyridine rings is 1. The number of ether oxygens (including phenoxy) is 1. The smallest absolute Gasteiger partial charge is 0.217 e. The zero-order valence-corrected chi connectivity index (χ0v) is 14.4. The van der Waals surface area contributed by atoms with E-state index in [2.05, 4.69) is 46.3 Å². The number of nitrogens with zero attached hydrogens (tertiary/aromatic N) is 2. The molecule has 1 saturated heterocycles. The van der Waals surface area contributed by atoms with Crippen LogP contribution >= 0.6 is 0 Å². The van der Waals surface area contributed by atoms with Gasteiger partial charge >= 0.3 is 0 Å². The molecule has 4 nitrogen and oxygen atoms in total. The van der Waals surface area contributed by atoms with Crippen molar-refractivity contribution in [3.05, 3.63) is 59.8 Å². The lowest BCUT2D eigenvalue weighted by atomic mass is 9.86. The standard InChI is InChI=1S/C20H27N3O/c1-24-20-18(8-5-11-22-20)15-23-12-9-17(10-13-23)19(21)14-16-6-3-2-4-7-16/h2-8,11,17,19H,9-10,12-15,21H2,1H3. The molecule has 1 unspecified atom stereocenters. The van der Waals surface area contributed by atoms with Crippen LogP contribution in [0.25, 0.3) is 0 Å². The Morgan fingerprint density at radius 1 is 1.17 bits per heavy atom. The van der Waals surface area contributed by atoms with E-state index in [4.69, 9.17) is 10.5 Å². The Morgan fingerprint density at radius 2 is 1.92 bits per heavy atom. The normalized spacial score (nSPS) is 17.6. The van der Waals surface area contributed by atoms with Crippen molar-refractivity contribution < 1.29 is 4.74 Å². The van der Waals surface area contributed by atoms with Crippen LogP contribution in [0.2, 0.25) is 0 Å². The number of likely N-dealkylation sites (tertiary alicyclic amines) is 1. The van der Waals surface area contributed by atoms with Crippen LogP contribution in [0.3, 0.4) is 0 Å². The van der Waals surface area contributed by atoms with Crippen molar-refractivity contribution in [2.45, 2.75) is 31.8 Å².